The van der Waals surface area contributed by atoms with Crippen LogP contribution in [0.3, 0.4) is 0 Å². The number of nitrogens with two attached hydrogens (primary N) is 1. The summed E-state index contributed by atoms with van der Waals surface area (Å²) in [4.78, 5) is 24.3. The number of hydrogen-bond acceptors (Lipinski definition) is 3. The Bertz CT molecular complexity index is 322. The molecule has 1 aliphatic heterocycles. The Morgan fingerprint density at radius 3 is 2.47 bits per heavy atom. The lowest BCUT2D eigenvalue weighted by atomic mass is 9.86. The van der Waals surface area contributed by atoms with Crippen LogP contribution in [0.25, 0.3) is 0 Å². The van der Waals surface area contributed by atoms with Crippen LogP contribution in [-0.2, 0) is 9.59 Å². The monoisotopic (exact) mass is 240 g/mol. The highest BCUT2D eigenvalue weighted by Gasteiger charge is 2.39. The molecule has 17 heavy (non-hydrogen) atoms. The number of aliphatic carboxylic acids is 1. The van der Waals surface area contributed by atoms with Gasteiger partial charge >= 0.3 is 5.97 Å². The molecule has 0 aromatic rings. The van der Waals surface area contributed by atoms with Gasteiger partial charge in [-0.15, -0.1) is 0 Å². The lowest BCUT2D eigenvalue weighted by molar-refractivity contribution is -0.151. The number of rotatable bonds is 5. The van der Waals surface area contributed by atoms with Crippen LogP contribution in [0.15, 0.2) is 0 Å². The molecule has 1 saturated heterocycles. The van der Waals surface area contributed by atoms with E-state index in [4.69, 9.17) is 10.8 Å². The van der Waals surface area contributed by atoms with E-state index in [2.05, 4.69) is 0 Å². The van der Waals surface area contributed by atoms with Gasteiger partial charge in [0.1, 0.15) is 0 Å². The van der Waals surface area contributed by atoms with Crippen molar-refractivity contribution >= 4 is 11.9 Å². The first-order valence-corrected chi connectivity index (χ1v) is 6.26. The molecule has 96 valence electrons. The first-order chi connectivity index (χ1) is 7.99. The molecule has 0 radical (unpaired) electrons. The van der Waals surface area contributed by atoms with Crippen LogP contribution in [0.5, 0.6) is 0 Å². The van der Waals surface area contributed by atoms with E-state index in [0.717, 1.165) is 6.42 Å². The Morgan fingerprint density at radius 2 is 2.00 bits per heavy atom. The van der Waals surface area contributed by atoms with Crippen LogP contribution in [0.2, 0.25) is 0 Å². The Morgan fingerprint density at radius 1 is 1.41 bits per heavy atom. The van der Waals surface area contributed by atoms with Gasteiger partial charge in [-0.3, -0.25) is 9.59 Å². The summed E-state index contributed by atoms with van der Waals surface area (Å²) in [5, 5.41) is 8.85. The highest BCUT2D eigenvalue weighted by atomic mass is 16.4. The van der Waals surface area contributed by atoms with Crippen molar-refractivity contribution < 1.29 is 14.7 Å². The van der Waals surface area contributed by atoms with Crippen LogP contribution < -0.4 is 5.73 Å². The minimum Gasteiger partial charge on any atom is -0.481 e. The average molecular weight is 240 g/mol. The molecular weight excluding hydrogens is 220 g/mol. The van der Waals surface area contributed by atoms with E-state index in [1.807, 2.05) is 0 Å². The van der Waals surface area contributed by atoms with Crippen molar-refractivity contribution in [3.05, 3.63) is 0 Å². The van der Waals surface area contributed by atoms with E-state index in [0.29, 0.717) is 19.0 Å². The minimum absolute atomic E-state index is 0.00858. The second kappa shape index (κ2) is 4.64. The zero-order valence-corrected chi connectivity index (χ0v) is 10.1. The Labute approximate surface area is 101 Å². The predicted molar refractivity (Wildman–Crippen MR) is 62.2 cm³/mol. The predicted octanol–water partition coefficient (Wildman–Crippen LogP) is 0.293. The van der Waals surface area contributed by atoms with Crippen LogP contribution in [0.4, 0.5) is 0 Å². The number of nitrogens with zero attached hydrogens (tertiary/aromatic N) is 1. The second-order valence-electron chi connectivity index (χ2n) is 5.42. The fraction of sp³-hybridized carbons (Fsp3) is 0.833. The Hall–Kier alpha value is -1.10. The molecule has 2 unspecified atom stereocenters. The number of carboxylic acid groups (broad SMARTS) is 1. The number of likely N-dealkylation sites (tertiary alicyclic amines) is 1. The summed E-state index contributed by atoms with van der Waals surface area (Å²) in [5.74, 6) is -0.442. The number of hydrogen-bond donors (Lipinski definition) is 2. The second-order valence-corrected chi connectivity index (χ2v) is 5.42. The molecule has 5 nitrogen and oxygen atoms in total. The highest BCUT2D eigenvalue weighted by molar-refractivity contribution is 5.82. The normalized spacial score (nSPS) is 24.0. The molecule has 1 amide bonds. The van der Waals surface area contributed by atoms with Gasteiger partial charge in [-0.1, -0.05) is 19.8 Å². The maximum atomic E-state index is 11.9. The van der Waals surface area contributed by atoms with Crippen molar-refractivity contribution in [2.45, 2.75) is 32.2 Å². The molecule has 0 aromatic heterocycles. The van der Waals surface area contributed by atoms with Gasteiger partial charge in [0.05, 0.1) is 12.0 Å². The molecule has 0 spiro atoms. The van der Waals surface area contributed by atoms with Crippen LogP contribution >= 0.6 is 0 Å². The fourth-order valence-corrected chi connectivity index (χ4v) is 2.26. The van der Waals surface area contributed by atoms with Gasteiger partial charge in [0.2, 0.25) is 5.91 Å². The zero-order chi connectivity index (χ0) is 12.6. The molecular formula is C12H20N2O3. The lowest BCUT2D eigenvalue weighted by Gasteiger charge is -2.42. The summed E-state index contributed by atoms with van der Waals surface area (Å²) >= 11 is 0. The van der Waals surface area contributed by atoms with E-state index in [9.17, 15) is 9.59 Å². The third kappa shape index (κ3) is 2.77. The molecule has 0 aromatic carbocycles. The molecule has 1 heterocycles. The quantitative estimate of drug-likeness (QED) is 0.723. The highest BCUT2D eigenvalue weighted by Crippen LogP contribution is 2.34. The summed E-state index contributed by atoms with van der Waals surface area (Å²) in [5.41, 5.74) is 5.84. The standard InChI is InChI=1S/C12H20N2O3/c1-7(12(16)17)9-5-14(6-9)11(15)10(13)4-8-2-3-8/h7-10H,2-6,13H2,1H3,(H,16,17). The SMILES string of the molecule is CC(C(=O)O)C1CN(C(=O)C(N)CC2CC2)C1. The molecule has 0 bridgehead atoms. The van der Waals surface area contributed by atoms with Crippen molar-refractivity contribution in [2.24, 2.45) is 23.5 Å². The smallest absolute Gasteiger partial charge is 0.306 e. The zero-order valence-electron chi connectivity index (χ0n) is 10.1. The molecule has 3 N–H and O–H groups in total. The molecule has 1 saturated carbocycles. The Balaban J connectivity index is 1.74. The topological polar surface area (TPSA) is 83.6 Å². The van der Waals surface area contributed by atoms with Gasteiger partial charge in [0.15, 0.2) is 0 Å². The average Bonchev–Trinajstić information content (AvgIpc) is 2.98. The van der Waals surface area contributed by atoms with Crippen molar-refractivity contribution in [3.8, 4) is 0 Å². The number of amides is 1. The third-order valence-corrected chi connectivity index (χ3v) is 3.92. The van der Waals surface area contributed by atoms with Gasteiger partial charge in [-0.05, 0) is 12.3 Å². The first-order valence-electron chi connectivity index (χ1n) is 6.26. The van der Waals surface area contributed by atoms with E-state index >= 15 is 0 Å². The van der Waals surface area contributed by atoms with Crippen LogP contribution in [0.1, 0.15) is 26.2 Å². The molecule has 2 aliphatic rings. The van der Waals surface area contributed by atoms with Gasteiger partial charge in [-0.25, -0.2) is 0 Å². The van der Waals surface area contributed by atoms with E-state index < -0.39 is 5.97 Å². The lowest BCUT2D eigenvalue weighted by Crippen LogP contribution is -2.57. The summed E-state index contributed by atoms with van der Waals surface area (Å²) in [6, 6.07) is -0.386. The van der Waals surface area contributed by atoms with E-state index in [-0.39, 0.29) is 23.8 Å². The summed E-state index contributed by atoms with van der Waals surface area (Å²) in [7, 11) is 0. The maximum Gasteiger partial charge on any atom is 0.306 e. The number of carboxylic acids is 1. The van der Waals surface area contributed by atoms with Crippen LogP contribution in [0, 0.1) is 17.8 Å². The van der Waals surface area contributed by atoms with Crippen LogP contribution in [-0.4, -0.2) is 41.0 Å². The summed E-state index contributed by atoms with van der Waals surface area (Å²) in [6.07, 6.45) is 3.17. The van der Waals surface area contributed by atoms with Gasteiger partial charge < -0.3 is 15.7 Å². The van der Waals surface area contributed by atoms with Crippen molar-refractivity contribution in [3.63, 3.8) is 0 Å². The van der Waals surface area contributed by atoms with Gasteiger partial charge in [0.25, 0.3) is 0 Å². The van der Waals surface area contributed by atoms with E-state index in [1.54, 1.807) is 11.8 Å². The van der Waals surface area contributed by atoms with Crippen molar-refractivity contribution in [1.29, 1.82) is 0 Å². The Kier molecular flexibility index (Phi) is 3.38. The largest absolute Gasteiger partial charge is 0.481 e. The first kappa shape index (κ1) is 12.4. The summed E-state index contributed by atoms with van der Waals surface area (Å²) in [6.45, 7) is 2.79. The minimum atomic E-state index is -0.788. The van der Waals surface area contributed by atoms with Gasteiger partial charge in [0, 0.05) is 19.0 Å². The molecule has 2 atom stereocenters. The number of carbonyl (C=O) groups is 2. The molecule has 1 aliphatic carbocycles. The summed E-state index contributed by atoms with van der Waals surface area (Å²) < 4.78 is 0. The molecule has 2 rings (SSSR count). The molecule has 2 fully saturated rings. The number of carbonyl (C=O) groups excluding carboxylic acids is 1. The fourth-order valence-electron chi connectivity index (χ4n) is 2.26. The maximum absolute atomic E-state index is 11.9. The third-order valence-electron chi connectivity index (χ3n) is 3.92. The van der Waals surface area contributed by atoms with Gasteiger partial charge in [-0.2, -0.15) is 0 Å². The molecule has 5 heteroatoms. The van der Waals surface area contributed by atoms with Crippen molar-refractivity contribution in [1.82, 2.24) is 4.90 Å². The van der Waals surface area contributed by atoms with Crippen molar-refractivity contribution in [2.75, 3.05) is 13.1 Å². The van der Waals surface area contributed by atoms with E-state index in [1.165, 1.54) is 12.8 Å².